The standard InChI is InChI=1S/C25H28N6O2S/c1-17-15-28-24(30-19-10-8-18(9-11-19)23-26-12-13-27-23)31-22(17)29-20-6-5-7-21(14-20)34(32,33)16-25(2,3)4/h5-15H,16H2,1-4H3,(H,26,27)(H2,28,29,30,31). The van der Waals surface area contributed by atoms with Gasteiger partial charge in [0, 0.05) is 41.1 Å². The SMILES string of the molecule is Cc1cnc(Nc2ccc(-c3ncc[nH]3)cc2)nc1Nc1cccc(S(=O)(=O)CC(C)(C)C)c1. The number of aryl methyl sites for hydroxylation is 1. The van der Waals surface area contributed by atoms with E-state index in [1.807, 2.05) is 58.0 Å². The molecule has 2 aromatic heterocycles. The lowest BCUT2D eigenvalue weighted by Crippen LogP contribution is -2.20. The number of benzene rings is 2. The summed E-state index contributed by atoms with van der Waals surface area (Å²) in [6, 6.07) is 14.6. The van der Waals surface area contributed by atoms with Crippen molar-refractivity contribution in [3.8, 4) is 11.4 Å². The van der Waals surface area contributed by atoms with Crippen LogP contribution in [-0.2, 0) is 9.84 Å². The normalized spacial score (nSPS) is 11.9. The summed E-state index contributed by atoms with van der Waals surface area (Å²) in [6.07, 6.45) is 5.22. The van der Waals surface area contributed by atoms with Gasteiger partial charge in [-0.25, -0.2) is 18.4 Å². The summed E-state index contributed by atoms with van der Waals surface area (Å²) in [5.74, 6) is 1.89. The van der Waals surface area contributed by atoms with E-state index in [1.54, 1.807) is 36.8 Å². The third-order valence-corrected chi connectivity index (χ3v) is 7.18. The maximum Gasteiger partial charge on any atom is 0.229 e. The molecule has 0 saturated heterocycles. The minimum Gasteiger partial charge on any atom is -0.345 e. The average Bonchev–Trinajstić information content (AvgIpc) is 3.30. The van der Waals surface area contributed by atoms with E-state index in [9.17, 15) is 8.42 Å². The third-order valence-electron chi connectivity index (χ3n) is 4.96. The largest absolute Gasteiger partial charge is 0.345 e. The predicted octanol–water partition coefficient (Wildman–Crippen LogP) is 5.48. The number of imidazole rings is 1. The van der Waals surface area contributed by atoms with Crippen LogP contribution >= 0.6 is 0 Å². The van der Waals surface area contributed by atoms with E-state index in [1.165, 1.54) is 0 Å². The molecule has 0 aliphatic heterocycles. The lowest BCUT2D eigenvalue weighted by atomic mass is 10.0. The summed E-state index contributed by atoms with van der Waals surface area (Å²) in [5.41, 5.74) is 2.96. The van der Waals surface area contributed by atoms with Gasteiger partial charge in [-0.1, -0.05) is 26.8 Å². The van der Waals surface area contributed by atoms with Gasteiger partial charge in [-0.05, 0) is 54.8 Å². The zero-order valence-electron chi connectivity index (χ0n) is 19.6. The van der Waals surface area contributed by atoms with Gasteiger partial charge in [0.15, 0.2) is 9.84 Å². The number of nitrogens with one attached hydrogen (secondary N) is 3. The predicted molar refractivity (Wildman–Crippen MR) is 135 cm³/mol. The van der Waals surface area contributed by atoms with Gasteiger partial charge in [0.2, 0.25) is 5.95 Å². The van der Waals surface area contributed by atoms with Gasteiger partial charge in [-0.2, -0.15) is 4.98 Å². The Bertz CT molecular complexity index is 1380. The van der Waals surface area contributed by atoms with E-state index < -0.39 is 9.84 Å². The quantitative estimate of drug-likeness (QED) is 0.324. The molecule has 34 heavy (non-hydrogen) atoms. The highest BCUT2D eigenvalue weighted by molar-refractivity contribution is 7.91. The van der Waals surface area contributed by atoms with Crippen LogP contribution in [0.15, 0.2) is 72.0 Å². The minimum absolute atomic E-state index is 0.0722. The fourth-order valence-electron chi connectivity index (χ4n) is 3.45. The lowest BCUT2D eigenvalue weighted by Gasteiger charge is -2.18. The molecule has 0 spiro atoms. The number of rotatable bonds is 7. The van der Waals surface area contributed by atoms with E-state index in [0.29, 0.717) is 17.5 Å². The molecule has 0 unspecified atom stereocenters. The van der Waals surface area contributed by atoms with Gasteiger partial charge in [0.25, 0.3) is 0 Å². The smallest absolute Gasteiger partial charge is 0.229 e. The molecular weight excluding hydrogens is 448 g/mol. The van der Waals surface area contributed by atoms with Crippen molar-refractivity contribution in [2.75, 3.05) is 16.4 Å². The first-order valence-corrected chi connectivity index (χ1v) is 12.5. The molecule has 8 nitrogen and oxygen atoms in total. The fourth-order valence-corrected chi connectivity index (χ4v) is 5.35. The highest BCUT2D eigenvalue weighted by Crippen LogP contribution is 2.26. The Labute approximate surface area is 199 Å². The molecular formula is C25H28N6O2S. The molecule has 2 aromatic carbocycles. The Morgan fingerprint density at radius 2 is 1.74 bits per heavy atom. The van der Waals surface area contributed by atoms with Crippen molar-refractivity contribution in [3.63, 3.8) is 0 Å². The molecule has 0 fully saturated rings. The third kappa shape index (κ3) is 5.79. The van der Waals surface area contributed by atoms with Gasteiger partial charge in [-0.3, -0.25) is 0 Å². The van der Waals surface area contributed by atoms with Gasteiger partial charge in [0.05, 0.1) is 10.6 Å². The second-order valence-electron chi connectivity index (χ2n) is 9.34. The number of sulfone groups is 1. The molecule has 9 heteroatoms. The summed E-state index contributed by atoms with van der Waals surface area (Å²) < 4.78 is 25.6. The number of hydrogen-bond acceptors (Lipinski definition) is 7. The molecule has 0 atom stereocenters. The molecule has 3 N–H and O–H groups in total. The van der Waals surface area contributed by atoms with Crippen molar-refractivity contribution >= 4 is 33.0 Å². The first kappa shape index (κ1) is 23.4. The zero-order chi connectivity index (χ0) is 24.3. The second-order valence-corrected chi connectivity index (χ2v) is 11.3. The first-order chi connectivity index (χ1) is 16.1. The number of hydrogen-bond donors (Lipinski definition) is 3. The van der Waals surface area contributed by atoms with Crippen LogP contribution in [0.2, 0.25) is 0 Å². The second kappa shape index (κ2) is 9.26. The lowest BCUT2D eigenvalue weighted by molar-refractivity contribution is 0.462. The van der Waals surface area contributed by atoms with E-state index in [4.69, 9.17) is 0 Å². The van der Waals surface area contributed by atoms with Crippen LogP contribution in [0.4, 0.5) is 23.1 Å². The summed E-state index contributed by atoms with van der Waals surface area (Å²) >= 11 is 0. The molecule has 0 radical (unpaired) electrons. The van der Waals surface area contributed by atoms with Crippen LogP contribution in [0, 0.1) is 12.3 Å². The molecule has 2 heterocycles. The highest BCUT2D eigenvalue weighted by atomic mass is 32.2. The Morgan fingerprint density at radius 1 is 0.971 bits per heavy atom. The average molecular weight is 477 g/mol. The molecule has 0 saturated carbocycles. The van der Waals surface area contributed by atoms with E-state index in [2.05, 4.69) is 30.6 Å². The minimum atomic E-state index is -3.40. The molecule has 4 aromatic rings. The van der Waals surface area contributed by atoms with Crippen LogP contribution in [-0.4, -0.2) is 34.1 Å². The number of aromatic nitrogens is 4. The topological polar surface area (TPSA) is 113 Å². The van der Waals surface area contributed by atoms with Crippen LogP contribution in [0.25, 0.3) is 11.4 Å². The molecule has 0 bridgehead atoms. The van der Waals surface area contributed by atoms with Gasteiger partial charge >= 0.3 is 0 Å². The van der Waals surface area contributed by atoms with Crippen LogP contribution in [0.3, 0.4) is 0 Å². The van der Waals surface area contributed by atoms with Gasteiger partial charge < -0.3 is 15.6 Å². The monoisotopic (exact) mass is 476 g/mol. The van der Waals surface area contributed by atoms with Crippen molar-refractivity contribution in [3.05, 3.63) is 72.7 Å². The van der Waals surface area contributed by atoms with E-state index in [-0.39, 0.29) is 16.1 Å². The number of H-pyrrole nitrogens is 1. The fraction of sp³-hybridized carbons (Fsp3) is 0.240. The van der Waals surface area contributed by atoms with Crippen LogP contribution in [0.5, 0.6) is 0 Å². The number of aromatic amines is 1. The summed E-state index contributed by atoms with van der Waals surface area (Å²) in [7, 11) is -3.40. The number of anilines is 4. The van der Waals surface area contributed by atoms with Crippen molar-refractivity contribution in [1.82, 2.24) is 19.9 Å². The summed E-state index contributed by atoms with van der Waals surface area (Å²) in [5, 5.41) is 6.44. The van der Waals surface area contributed by atoms with Crippen molar-refractivity contribution in [1.29, 1.82) is 0 Å². The molecule has 176 valence electrons. The van der Waals surface area contributed by atoms with Gasteiger partial charge in [-0.15, -0.1) is 0 Å². The Morgan fingerprint density at radius 3 is 2.41 bits per heavy atom. The Kier molecular flexibility index (Phi) is 6.39. The summed E-state index contributed by atoms with van der Waals surface area (Å²) in [6.45, 7) is 7.63. The molecule has 0 amide bonds. The molecule has 0 aliphatic rings. The van der Waals surface area contributed by atoms with Crippen molar-refractivity contribution in [2.24, 2.45) is 5.41 Å². The van der Waals surface area contributed by atoms with Crippen molar-refractivity contribution in [2.45, 2.75) is 32.6 Å². The van der Waals surface area contributed by atoms with Crippen LogP contribution < -0.4 is 10.6 Å². The molecule has 0 aliphatic carbocycles. The van der Waals surface area contributed by atoms with E-state index in [0.717, 1.165) is 22.6 Å². The summed E-state index contributed by atoms with van der Waals surface area (Å²) in [4.78, 5) is 16.6. The van der Waals surface area contributed by atoms with Crippen molar-refractivity contribution < 1.29 is 8.42 Å². The Balaban J connectivity index is 1.52. The Hall–Kier alpha value is -3.72. The molecule has 4 rings (SSSR count). The van der Waals surface area contributed by atoms with E-state index >= 15 is 0 Å². The zero-order valence-corrected chi connectivity index (χ0v) is 20.4. The highest BCUT2D eigenvalue weighted by Gasteiger charge is 2.23. The maximum absolute atomic E-state index is 12.8. The van der Waals surface area contributed by atoms with Gasteiger partial charge in [0.1, 0.15) is 11.6 Å². The number of nitrogens with zero attached hydrogens (tertiary/aromatic N) is 3. The maximum atomic E-state index is 12.8. The first-order valence-electron chi connectivity index (χ1n) is 10.9. The van der Waals surface area contributed by atoms with Crippen LogP contribution in [0.1, 0.15) is 26.3 Å².